The Morgan fingerprint density at radius 2 is 1.44 bits per heavy atom. The van der Waals surface area contributed by atoms with Crippen molar-refractivity contribution in [2.24, 2.45) is 0 Å². The SMILES string of the molecule is N=CC(Cl)OC(Cl)C=N. The van der Waals surface area contributed by atoms with Crippen molar-refractivity contribution in [3.05, 3.63) is 0 Å². The first-order valence-electron chi connectivity index (χ1n) is 2.15. The van der Waals surface area contributed by atoms with Crippen molar-refractivity contribution < 1.29 is 4.74 Å². The summed E-state index contributed by atoms with van der Waals surface area (Å²) in [5.74, 6) is 0. The average Bonchev–Trinajstić information content (AvgIpc) is 1.87. The van der Waals surface area contributed by atoms with Crippen molar-refractivity contribution in [1.29, 1.82) is 10.8 Å². The first kappa shape index (κ1) is 8.88. The van der Waals surface area contributed by atoms with E-state index < -0.39 is 11.1 Å². The molecule has 0 aromatic heterocycles. The highest BCUT2D eigenvalue weighted by atomic mass is 35.5. The van der Waals surface area contributed by atoms with E-state index in [9.17, 15) is 0 Å². The summed E-state index contributed by atoms with van der Waals surface area (Å²) < 4.78 is 4.59. The summed E-state index contributed by atoms with van der Waals surface area (Å²) in [6.45, 7) is 0. The van der Waals surface area contributed by atoms with Crippen LogP contribution in [0.5, 0.6) is 0 Å². The molecule has 2 atom stereocenters. The number of alkyl halides is 2. The Labute approximate surface area is 62.9 Å². The largest absolute Gasteiger partial charge is 0.333 e. The average molecular weight is 169 g/mol. The zero-order chi connectivity index (χ0) is 7.28. The molecule has 5 heteroatoms. The highest BCUT2D eigenvalue weighted by Crippen LogP contribution is 2.01. The molecular weight excluding hydrogens is 163 g/mol. The maximum absolute atomic E-state index is 6.56. The van der Waals surface area contributed by atoms with Gasteiger partial charge in [0.2, 0.25) is 0 Å². The Hall–Kier alpha value is -0.120. The van der Waals surface area contributed by atoms with Crippen LogP contribution in [0.4, 0.5) is 0 Å². The number of hydrogen-bond acceptors (Lipinski definition) is 3. The molecule has 0 aliphatic carbocycles. The van der Waals surface area contributed by atoms with Gasteiger partial charge in [0.05, 0.1) is 0 Å². The lowest BCUT2D eigenvalue weighted by atomic mass is 10.7. The second kappa shape index (κ2) is 4.73. The normalized spacial score (nSPS) is 16.2. The first-order valence-corrected chi connectivity index (χ1v) is 3.02. The van der Waals surface area contributed by atoms with Crippen molar-refractivity contribution in [2.75, 3.05) is 0 Å². The Morgan fingerprint density at radius 1 is 1.11 bits per heavy atom. The molecule has 9 heavy (non-hydrogen) atoms. The molecule has 0 saturated carbocycles. The highest BCUT2D eigenvalue weighted by molar-refractivity contribution is 6.29. The molecule has 0 radical (unpaired) electrons. The lowest BCUT2D eigenvalue weighted by Crippen LogP contribution is -2.14. The van der Waals surface area contributed by atoms with Gasteiger partial charge in [-0.25, -0.2) is 0 Å². The molecule has 2 N–H and O–H groups in total. The van der Waals surface area contributed by atoms with Crippen LogP contribution in [0.15, 0.2) is 0 Å². The van der Waals surface area contributed by atoms with E-state index in [-0.39, 0.29) is 0 Å². The molecule has 0 heterocycles. The summed E-state index contributed by atoms with van der Waals surface area (Å²) in [6, 6.07) is 0. The zero-order valence-electron chi connectivity index (χ0n) is 4.47. The van der Waals surface area contributed by atoms with Gasteiger partial charge in [-0.05, 0) is 0 Å². The maximum Gasteiger partial charge on any atom is 0.168 e. The van der Waals surface area contributed by atoms with Crippen molar-refractivity contribution >= 4 is 35.6 Å². The molecule has 0 spiro atoms. The van der Waals surface area contributed by atoms with E-state index in [1.807, 2.05) is 0 Å². The van der Waals surface area contributed by atoms with Crippen molar-refractivity contribution in [2.45, 2.75) is 11.1 Å². The number of rotatable bonds is 4. The van der Waals surface area contributed by atoms with E-state index in [1.165, 1.54) is 0 Å². The molecule has 0 saturated heterocycles. The van der Waals surface area contributed by atoms with Gasteiger partial charge in [0.15, 0.2) is 11.1 Å². The van der Waals surface area contributed by atoms with Gasteiger partial charge in [-0.15, -0.1) is 0 Å². The number of nitrogens with one attached hydrogen (secondary N) is 2. The lowest BCUT2D eigenvalue weighted by Gasteiger charge is -2.05. The zero-order valence-corrected chi connectivity index (χ0v) is 5.99. The maximum atomic E-state index is 6.56. The highest BCUT2D eigenvalue weighted by Gasteiger charge is 2.04. The van der Waals surface area contributed by atoms with E-state index >= 15 is 0 Å². The summed E-state index contributed by atoms with van der Waals surface area (Å²) in [6.07, 6.45) is 1.78. The first-order chi connectivity index (χ1) is 4.20. The van der Waals surface area contributed by atoms with E-state index in [4.69, 9.17) is 34.0 Å². The second-order valence-electron chi connectivity index (χ2n) is 1.17. The van der Waals surface area contributed by atoms with E-state index in [1.54, 1.807) is 0 Å². The number of ether oxygens (including phenoxy) is 1. The smallest absolute Gasteiger partial charge is 0.168 e. The van der Waals surface area contributed by atoms with Crippen LogP contribution >= 0.6 is 23.2 Å². The fourth-order valence-corrected chi connectivity index (χ4v) is 0.477. The summed E-state index contributed by atoms with van der Waals surface area (Å²) >= 11 is 10.6. The molecule has 0 aromatic rings. The monoisotopic (exact) mass is 168 g/mol. The lowest BCUT2D eigenvalue weighted by molar-refractivity contribution is 0.164. The van der Waals surface area contributed by atoms with Crippen LogP contribution in [0.1, 0.15) is 0 Å². The minimum atomic E-state index is -0.839. The predicted octanol–water partition coefficient (Wildman–Crippen LogP) is 1.43. The van der Waals surface area contributed by atoms with Crippen molar-refractivity contribution in [3.8, 4) is 0 Å². The summed E-state index contributed by atoms with van der Waals surface area (Å²) in [5.41, 5.74) is -1.68. The number of halogens is 2. The molecule has 0 aromatic carbocycles. The second-order valence-corrected chi connectivity index (χ2v) is 2.03. The van der Waals surface area contributed by atoms with E-state index in [0.29, 0.717) is 0 Å². The van der Waals surface area contributed by atoms with Gasteiger partial charge in [-0.3, -0.25) is 0 Å². The fourth-order valence-electron chi connectivity index (χ4n) is 0.203. The third-order valence-corrected chi connectivity index (χ3v) is 0.980. The van der Waals surface area contributed by atoms with Gasteiger partial charge in [0, 0.05) is 12.4 Å². The topological polar surface area (TPSA) is 56.9 Å². The van der Waals surface area contributed by atoms with Gasteiger partial charge in [0.1, 0.15) is 0 Å². The predicted molar refractivity (Wildman–Crippen MR) is 37.9 cm³/mol. The van der Waals surface area contributed by atoms with Gasteiger partial charge in [0.25, 0.3) is 0 Å². The summed E-state index contributed by atoms with van der Waals surface area (Å²) in [5, 5.41) is 13.1. The Bertz CT molecular complexity index is 96.7. The van der Waals surface area contributed by atoms with Crippen LogP contribution < -0.4 is 0 Å². The third-order valence-electron chi connectivity index (χ3n) is 0.522. The molecule has 3 nitrogen and oxygen atoms in total. The van der Waals surface area contributed by atoms with Crippen molar-refractivity contribution in [3.63, 3.8) is 0 Å². The third kappa shape index (κ3) is 4.39. The van der Waals surface area contributed by atoms with Crippen molar-refractivity contribution in [1.82, 2.24) is 0 Å². The fraction of sp³-hybridized carbons (Fsp3) is 0.500. The van der Waals surface area contributed by atoms with E-state index in [2.05, 4.69) is 4.74 Å². The standard InChI is InChI=1S/C4H6Cl2N2O/c5-3(1-7)9-4(6)2-8/h1-4,7-8H. The Balaban J connectivity index is 3.45. The Morgan fingerprint density at radius 3 is 1.67 bits per heavy atom. The summed E-state index contributed by atoms with van der Waals surface area (Å²) in [4.78, 5) is 0. The van der Waals surface area contributed by atoms with Gasteiger partial charge >= 0.3 is 0 Å². The minimum absolute atomic E-state index is 0.839. The Kier molecular flexibility index (Phi) is 4.67. The van der Waals surface area contributed by atoms with Crippen LogP contribution in [0.25, 0.3) is 0 Å². The molecule has 0 aliphatic heterocycles. The number of hydrogen-bond donors (Lipinski definition) is 2. The van der Waals surface area contributed by atoms with Gasteiger partial charge in [-0.1, -0.05) is 23.2 Å². The quantitative estimate of drug-likeness (QED) is 0.485. The van der Waals surface area contributed by atoms with Crippen LogP contribution in [0.3, 0.4) is 0 Å². The van der Waals surface area contributed by atoms with Gasteiger partial charge in [-0.2, -0.15) is 0 Å². The molecule has 0 aliphatic rings. The van der Waals surface area contributed by atoms with E-state index in [0.717, 1.165) is 12.4 Å². The molecule has 2 unspecified atom stereocenters. The van der Waals surface area contributed by atoms with Crippen LogP contribution in [-0.4, -0.2) is 23.6 Å². The van der Waals surface area contributed by atoms with Crippen LogP contribution in [-0.2, 0) is 4.74 Å². The molecule has 0 amide bonds. The molecule has 52 valence electrons. The van der Waals surface area contributed by atoms with Crippen LogP contribution in [0, 0.1) is 10.8 Å². The molecular formula is C4H6Cl2N2O. The molecule has 0 rings (SSSR count). The van der Waals surface area contributed by atoms with Crippen LogP contribution in [0.2, 0.25) is 0 Å². The van der Waals surface area contributed by atoms with Gasteiger partial charge < -0.3 is 15.6 Å². The molecule has 0 fully saturated rings. The minimum Gasteiger partial charge on any atom is -0.333 e. The molecule has 0 bridgehead atoms. The summed E-state index contributed by atoms with van der Waals surface area (Å²) in [7, 11) is 0.